The van der Waals surface area contributed by atoms with Crippen LogP contribution in [0.25, 0.3) is 10.8 Å². The number of carbonyl (C=O) groups is 1. The summed E-state index contributed by atoms with van der Waals surface area (Å²) in [5, 5.41) is 3.71. The monoisotopic (exact) mass is 266 g/mol. The zero-order valence-corrected chi connectivity index (χ0v) is 10.5. The Balaban J connectivity index is 2.02. The van der Waals surface area contributed by atoms with Gasteiger partial charge in [-0.05, 0) is 29.7 Å². The van der Waals surface area contributed by atoms with Crippen molar-refractivity contribution < 1.29 is 9.18 Å². The van der Waals surface area contributed by atoms with Crippen molar-refractivity contribution in [2.45, 2.75) is 0 Å². The maximum absolute atomic E-state index is 13.7. The molecule has 3 rings (SSSR count). The molecule has 0 fully saturated rings. The minimum atomic E-state index is -0.338. The summed E-state index contributed by atoms with van der Waals surface area (Å²) < 4.78 is 13.7. The Hall–Kier alpha value is -2.75. The number of hydrogen-bond donors (Lipinski definition) is 1. The fourth-order valence-electron chi connectivity index (χ4n) is 2.08. The Morgan fingerprint density at radius 3 is 2.45 bits per heavy atom. The van der Waals surface area contributed by atoms with Gasteiger partial charge in [-0.3, -0.25) is 4.79 Å². The van der Waals surface area contributed by atoms with Crippen molar-refractivity contribution in [3.8, 4) is 0 Å². The fraction of sp³-hybridized carbons (Fsp3) is 0. The molecule has 3 aromatic rings. The van der Waals surface area contributed by atoms with Gasteiger partial charge in [-0.15, -0.1) is 0 Å². The average molecular weight is 266 g/mol. The molecule has 1 N–H and O–H groups in total. The summed E-state index contributed by atoms with van der Waals surface area (Å²) in [4.78, 5) is 16.3. The highest BCUT2D eigenvalue weighted by Crippen LogP contribution is 2.22. The van der Waals surface area contributed by atoms with Crippen LogP contribution in [0.2, 0.25) is 0 Å². The lowest BCUT2D eigenvalue weighted by Gasteiger charge is -2.08. The maximum Gasteiger partial charge on any atom is 0.257 e. The Morgan fingerprint density at radius 2 is 1.70 bits per heavy atom. The molecule has 4 heteroatoms. The van der Waals surface area contributed by atoms with Gasteiger partial charge in [0.2, 0.25) is 0 Å². The first kappa shape index (κ1) is 12.3. The van der Waals surface area contributed by atoms with Crippen LogP contribution >= 0.6 is 0 Å². The number of nitrogens with one attached hydrogen (secondary N) is 1. The smallest absolute Gasteiger partial charge is 0.257 e. The van der Waals surface area contributed by atoms with E-state index in [4.69, 9.17) is 0 Å². The molecule has 0 bridgehead atoms. The van der Waals surface area contributed by atoms with Gasteiger partial charge >= 0.3 is 0 Å². The second kappa shape index (κ2) is 5.09. The lowest BCUT2D eigenvalue weighted by atomic mass is 10.0. The fourth-order valence-corrected chi connectivity index (χ4v) is 2.08. The molecule has 0 atom stereocenters. The van der Waals surface area contributed by atoms with Crippen molar-refractivity contribution in [2.75, 3.05) is 5.32 Å². The van der Waals surface area contributed by atoms with Gasteiger partial charge in [-0.2, -0.15) is 0 Å². The molecule has 1 amide bonds. The highest BCUT2D eigenvalue weighted by molar-refractivity contribution is 6.12. The number of pyridine rings is 1. The standard InChI is InChI=1S/C16H11FN2O/c17-14-9-8-13(11-5-1-2-6-12(11)14)16(20)19-15-7-3-4-10-18-15/h1-10H,(H,18,19,20). The quantitative estimate of drug-likeness (QED) is 0.769. The van der Waals surface area contributed by atoms with Gasteiger partial charge in [0, 0.05) is 17.1 Å². The Kier molecular flexibility index (Phi) is 3.13. The summed E-state index contributed by atoms with van der Waals surface area (Å²) in [6.45, 7) is 0. The molecule has 20 heavy (non-hydrogen) atoms. The van der Waals surface area contributed by atoms with E-state index < -0.39 is 0 Å². The summed E-state index contributed by atoms with van der Waals surface area (Å²) in [5.74, 6) is -0.180. The predicted octanol–water partition coefficient (Wildman–Crippen LogP) is 3.63. The SMILES string of the molecule is O=C(Nc1ccccn1)c1ccc(F)c2ccccc12. The molecule has 3 nitrogen and oxygen atoms in total. The number of anilines is 1. The number of amides is 1. The van der Waals surface area contributed by atoms with Crippen molar-refractivity contribution in [1.82, 2.24) is 4.98 Å². The van der Waals surface area contributed by atoms with Gasteiger partial charge in [-0.1, -0.05) is 30.3 Å². The molecule has 0 aliphatic heterocycles. The number of benzene rings is 2. The van der Waals surface area contributed by atoms with Crippen LogP contribution in [0.5, 0.6) is 0 Å². The maximum atomic E-state index is 13.7. The summed E-state index contributed by atoms with van der Waals surface area (Å²) >= 11 is 0. The largest absolute Gasteiger partial charge is 0.307 e. The first-order chi connectivity index (χ1) is 9.75. The third kappa shape index (κ3) is 2.23. The van der Waals surface area contributed by atoms with Gasteiger partial charge in [0.15, 0.2) is 0 Å². The molecular formula is C16H11FN2O. The highest BCUT2D eigenvalue weighted by atomic mass is 19.1. The third-order valence-corrected chi connectivity index (χ3v) is 3.02. The molecule has 0 aliphatic rings. The van der Waals surface area contributed by atoms with E-state index in [1.807, 2.05) is 0 Å². The zero-order chi connectivity index (χ0) is 13.9. The zero-order valence-electron chi connectivity index (χ0n) is 10.5. The molecule has 98 valence electrons. The van der Waals surface area contributed by atoms with Crippen LogP contribution in [-0.2, 0) is 0 Å². The van der Waals surface area contributed by atoms with E-state index in [0.29, 0.717) is 22.2 Å². The molecule has 0 unspecified atom stereocenters. The Labute approximate surface area is 115 Å². The van der Waals surface area contributed by atoms with E-state index in [1.165, 1.54) is 12.1 Å². The van der Waals surface area contributed by atoms with E-state index >= 15 is 0 Å². The normalized spacial score (nSPS) is 10.4. The van der Waals surface area contributed by atoms with E-state index in [1.54, 1.807) is 48.7 Å². The van der Waals surface area contributed by atoms with Gasteiger partial charge in [-0.25, -0.2) is 9.37 Å². The number of nitrogens with zero attached hydrogens (tertiary/aromatic N) is 1. The Morgan fingerprint density at radius 1 is 0.950 bits per heavy atom. The average Bonchev–Trinajstić information content (AvgIpc) is 2.49. The first-order valence-electron chi connectivity index (χ1n) is 6.15. The molecule has 0 aliphatic carbocycles. The summed E-state index contributed by atoms with van der Waals surface area (Å²) in [7, 11) is 0. The van der Waals surface area contributed by atoms with Gasteiger partial charge in [0.05, 0.1) is 0 Å². The minimum absolute atomic E-state index is 0.306. The van der Waals surface area contributed by atoms with Crippen molar-refractivity contribution in [2.24, 2.45) is 0 Å². The highest BCUT2D eigenvalue weighted by Gasteiger charge is 2.12. The van der Waals surface area contributed by atoms with Crippen LogP contribution in [0.3, 0.4) is 0 Å². The van der Waals surface area contributed by atoms with Crippen LogP contribution in [0.15, 0.2) is 60.8 Å². The van der Waals surface area contributed by atoms with Gasteiger partial charge < -0.3 is 5.32 Å². The predicted molar refractivity (Wildman–Crippen MR) is 76.1 cm³/mol. The molecule has 0 saturated heterocycles. The minimum Gasteiger partial charge on any atom is -0.307 e. The molecule has 0 saturated carbocycles. The van der Waals surface area contributed by atoms with E-state index in [-0.39, 0.29) is 11.7 Å². The number of fused-ring (bicyclic) bond motifs is 1. The summed E-state index contributed by atoms with van der Waals surface area (Å²) in [6.07, 6.45) is 1.60. The molecule has 0 radical (unpaired) electrons. The van der Waals surface area contributed by atoms with E-state index in [9.17, 15) is 9.18 Å². The molecule has 1 aromatic heterocycles. The molecule has 2 aromatic carbocycles. The molecular weight excluding hydrogens is 255 g/mol. The number of aromatic nitrogens is 1. The second-order valence-corrected chi connectivity index (χ2v) is 4.31. The van der Waals surface area contributed by atoms with Crippen molar-refractivity contribution in [1.29, 1.82) is 0 Å². The summed E-state index contributed by atoms with van der Waals surface area (Å²) in [6, 6.07) is 14.9. The van der Waals surface area contributed by atoms with Crippen LogP contribution < -0.4 is 5.32 Å². The lowest BCUT2D eigenvalue weighted by Crippen LogP contribution is -2.13. The van der Waals surface area contributed by atoms with Crippen LogP contribution in [0.4, 0.5) is 10.2 Å². The van der Waals surface area contributed by atoms with Crippen molar-refractivity contribution in [3.63, 3.8) is 0 Å². The van der Waals surface area contributed by atoms with Gasteiger partial charge in [0.25, 0.3) is 5.91 Å². The van der Waals surface area contributed by atoms with Crippen LogP contribution in [0.1, 0.15) is 10.4 Å². The third-order valence-electron chi connectivity index (χ3n) is 3.02. The number of hydrogen-bond acceptors (Lipinski definition) is 2. The molecule has 0 spiro atoms. The lowest BCUT2D eigenvalue weighted by molar-refractivity contribution is 0.102. The topological polar surface area (TPSA) is 42.0 Å². The number of halogens is 1. The van der Waals surface area contributed by atoms with Crippen molar-refractivity contribution >= 4 is 22.5 Å². The molecule has 1 heterocycles. The van der Waals surface area contributed by atoms with Gasteiger partial charge in [0.1, 0.15) is 11.6 Å². The van der Waals surface area contributed by atoms with Crippen LogP contribution in [0, 0.1) is 5.82 Å². The second-order valence-electron chi connectivity index (χ2n) is 4.31. The summed E-state index contributed by atoms with van der Waals surface area (Å²) in [5.41, 5.74) is 0.424. The van der Waals surface area contributed by atoms with E-state index in [0.717, 1.165) is 0 Å². The first-order valence-corrected chi connectivity index (χ1v) is 6.15. The van der Waals surface area contributed by atoms with E-state index in [2.05, 4.69) is 10.3 Å². The van der Waals surface area contributed by atoms with Crippen LogP contribution in [-0.4, -0.2) is 10.9 Å². The number of rotatable bonds is 2. The number of carbonyl (C=O) groups excluding carboxylic acids is 1. The van der Waals surface area contributed by atoms with Crippen molar-refractivity contribution in [3.05, 3.63) is 72.2 Å². The Bertz CT molecular complexity index is 772.